The third-order valence-corrected chi connectivity index (χ3v) is 3.54. The Labute approximate surface area is 121 Å². The van der Waals surface area contributed by atoms with E-state index in [1.807, 2.05) is 30.3 Å². The standard InChI is InChI=1S/C16H24N2O2/c1-14-6-5-10-18(12-14)13-16(19)17-9-11-20-15-7-3-2-4-8-15/h2-4,7-8,14H,5-6,9-13H2,1H3,(H,17,19). The summed E-state index contributed by atoms with van der Waals surface area (Å²) in [7, 11) is 0. The monoisotopic (exact) mass is 276 g/mol. The summed E-state index contributed by atoms with van der Waals surface area (Å²) in [6.07, 6.45) is 2.48. The molecule has 1 aromatic rings. The van der Waals surface area contributed by atoms with Gasteiger partial charge in [0.2, 0.25) is 5.91 Å². The average molecular weight is 276 g/mol. The molecule has 0 aromatic heterocycles. The van der Waals surface area contributed by atoms with Gasteiger partial charge in [0.15, 0.2) is 0 Å². The summed E-state index contributed by atoms with van der Waals surface area (Å²) in [5.41, 5.74) is 0. The molecule has 1 amide bonds. The maximum absolute atomic E-state index is 11.8. The number of nitrogens with zero attached hydrogens (tertiary/aromatic N) is 1. The number of carbonyl (C=O) groups excluding carboxylic acids is 1. The van der Waals surface area contributed by atoms with E-state index in [1.165, 1.54) is 12.8 Å². The minimum absolute atomic E-state index is 0.0933. The second kappa shape index (κ2) is 7.90. The number of nitrogens with one attached hydrogen (secondary N) is 1. The maximum atomic E-state index is 11.8. The molecule has 1 unspecified atom stereocenters. The number of likely N-dealkylation sites (tertiary alicyclic amines) is 1. The van der Waals surface area contributed by atoms with E-state index in [-0.39, 0.29) is 5.91 Å². The summed E-state index contributed by atoms with van der Waals surface area (Å²) in [6, 6.07) is 9.65. The van der Waals surface area contributed by atoms with Gasteiger partial charge in [0.25, 0.3) is 0 Å². The summed E-state index contributed by atoms with van der Waals surface area (Å²) in [4.78, 5) is 14.1. The highest BCUT2D eigenvalue weighted by molar-refractivity contribution is 5.78. The molecule has 20 heavy (non-hydrogen) atoms. The Balaban J connectivity index is 1.58. The van der Waals surface area contributed by atoms with Gasteiger partial charge in [-0.2, -0.15) is 0 Å². The van der Waals surface area contributed by atoms with Crippen molar-refractivity contribution in [2.24, 2.45) is 5.92 Å². The first-order chi connectivity index (χ1) is 9.74. The second-order valence-electron chi connectivity index (χ2n) is 5.49. The minimum Gasteiger partial charge on any atom is -0.492 e. The number of rotatable bonds is 6. The number of carbonyl (C=O) groups is 1. The van der Waals surface area contributed by atoms with Crippen LogP contribution in [0.5, 0.6) is 5.75 Å². The summed E-state index contributed by atoms with van der Waals surface area (Å²) in [5.74, 6) is 1.64. The summed E-state index contributed by atoms with van der Waals surface area (Å²) in [5, 5.41) is 2.91. The molecule has 0 aliphatic carbocycles. The van der Waals surface area contributed by atoms with E-state index in [0.29, 0.717) is 25.6 Å². The molecule has 0 bridgehead atoms. The zero-order valence-electron chi connectivity index (χ0n) is 12.2. The van der Waals surface area contributed by atoms with Crippen LogP contribution in [0.1, 0.15) is 19.8 Å². The Morgan fingerprint density at radius 3 is 2.95 bits per heavy atom. The quantitative estimate of drug-likeness (QED) is 0.807. The van der Waals surface area contributed by atoms with Crippen LogP contribution in [-0.2, 0) is 4.79 Å². The van der Waals surface area contributed by atoms with Crippen molar-refractivity contribution >= 4 is 5.91 Å². The fraction of sp³-hybridized carbons (Fsp3) is 0.562. The first-order valence-corrected chi connectivity index (χ1v) is 7.41. The Morgan fingerprint density at radius 1 is 1.40 bits per heavy atom. The molecule has 0 saturated carbocycles. The van der Waals surface area contributed by atoms with Crippen molar-refractivity contribution in [2.75, 3.05) is 32.8 Å². The minimum atomic E-state index is 0.0933. The van der Waals surface area contributed by atoms with Crippen molar-refractivity contribution in [2.45, 2.75) is 19.8 Å². The molecule has 1 aliphatic heterocycles. The average Bonchev–Trinajstić information content (AvgIpc) is 2.45. The van der Waals surface area contributed by atoms with Crippen LogP contribution >= 0.6 is 0 Å². The van der Waals surface area contributed by atoms with E-state index in [1.54, 1.807) is 0 Å². The number of hydrogen-bond acceptors (Lipinski definition) is 3. The second-order valence-corrected chi connectivity index (χ2v) is 5.49. The lowest BCUT2D eigenvalue weighted by molar-refractivity contribution is -0.122. The van der Waals surface area contributed by atoms with Crippen molar-refractivity contribution < 1.29 is 9.53 Å². The van der Waals surface area contributed by atoms with E-state index in [0.717, 1.165) is 18.8 Å². The van der Waals surface area contributed by atoms with Crippen molar-refractivity contribution in [3.63, 3.8) is 0 Å². The highest BCUT2D eigenvalue weighted by atomic mass is 16.5. The first-order valence-electron chi connectivity index (χ1n) is 7.41. The van der Waals surface area contributed by atoms with Crippen LogP contribution in [0, 0.1) is 5.92 Å². The molecule has 0 spiro atoms. The summed E-state index contributed by atoms with van der Waals surface area (Å²) < 4.78 is 5.54. The van der Waals surface area contributed by atoms with Gasteiger partial charge in [0.1, 0.15) is 12.4 Å². The van der Waals surface area contributed by atoms with Crippen molar-refractivity contribution in [1.29, 1.82) is 0 Å². The van der Waals surface area contributed by atoms with Gasteiger partial charge in [-0.25, -0.2) is 0 Å². The van der Waals surface area contributed by atoms with Gasteiger partial charge < -0.3 is 10.1 Å². The molecule has 110 valence electrons. The number of ether oxygens (including phenoxy) is 1. The molecular weight excluding hydrogens is 252 g/mol. The molecule has 0 radical (unpaired) electrons. The van der Waals surface area contributed by atoms with E-state index >= 15 is 0 Å². The molecule has 2 rings (SSSR count). The topological polar surface area (TPSA) is 41.6 Å². The number of hydrogen-bond donors (Lipinski definition) is 1. The largest absolute Gasteiger partial charge is 0.492 e. The number of piperidine rings is 1. The molecule has 1 N–H and O–H groups in total. The molecule has 4 heteroatoms. The summed E-state index contributed by atoms with van der Waals surface area (Å²) >= 11 is 0. The van der Waals surface area contributed by atoms with Gasteiger partial charge in [-0.1, -0.05) is 25.1 Å². The van der Waals surface area contributed by atoms with Gasteiger partial charge in [-0.05, 0) is 37.4 Å². The normalized spacial score (nSPS) is 19.6. The van der Waals surface area contributed by atoms with Crippen molar-refractivity contribution in [3.05, 3.63) is 30.3 Å². The number of benzene rings is 1. The van der Waals surface area contributed by atoms with Gasteiger partial charge >= 0.3 is 0 Å². The van der Waals surface area contributed by atoms with Gasteiger partial charge in [-0.3, -0.25) is 9.69 Å². The zero-order valence-corrected chi connectivity index (χ0v) is 12.2. The lowest BCUT2D eigenvalue weighted by atomic mass is 10.0. The van der Waals surface area contributed by atoms with E-state index in [4.69, 9.17) is 4.74 Å². The van der Waals surface area contributed by atoms with Gasteiger partial charge in [-0.15, -0.1) is 0 Å². The van der Waals surface area contributed by atoms with Crippen LogP contribution in [-0.4, -0.2) is 43.6 Å². The lowest BCUT2D eigenvalue weighted by Crippen LogP contribution is -2.42. The Kier molecular flexibility index (Phi) is 5.87. The summed E-state index contributed by atoms with van der Waals surface area (Å²) in [6.45, 7) is 5.89. The third-order valence-electron chi connectivity index (χ3n) is 3.54. The first kappa shape index (κ1) is 14.9. The molecule has 1 heterocycles. The molecule has 1 fully saturated rings. The maximum Gasteiger partial charge on any atom is 0.234 e. The van der Waals surface area contributed by atoms with E-state index in [9.17, 15) is 4.79 Å². The number of amides is 1. The molecule has 1 saturated heterocycles. The SMILES string of the molecule is CC1CCCN(CC(=O)NCCOc2ccccc2)C1. The fourth-order valence-corrected chi connectivity index (χ4v) is 2.57. The van der Waals surface area contributed by atoms with Crippen LogP contribution in [0.25, 0.3) is 0 Å². The van der Waals surface area contributed by atoms with Crippen molar-refractivity contribution in [1.82, 2.24) is 10.2 Å². The third kappa shape index (κ3) is 5.21. The van der Waals surface area contributed by atoms with Gasteiger partial charge in [0.05, 0.1) is 13.1 Å². The molecule has 4 nitrogen and oxygen atoms in total. The predicted molar refractivity (Wildman–Crippen MR) is 79.8 cm³/mol. The Hall–Kier alpha value is -1.55. The van der Waals surface area contributed by atoms with Crippen LogP contribution in [0.2, 0.25) is 0 Å². The smallest absolute Gasteiger partial charge is 0.234 e. The zero-order chi connectivity index (χ0) is 14.2. The van der Waals surface area contributed by atoms with Crippen LogP contribution in [0.3, 0.4) is 0 Å². The number of para-hydroxylation sites is 1. The van der Waals surface area contributed by atoms with Crippen LogP contribution in [0.15, 0.2) is 30.3 Å². The van der Waals surface area contributed by atoms with E-state index < -0.39 is 0 Å². The van der Waals surface area contributed by atoms with E-state index in [2.05, 4.69) is 17.1 Å². The predicted octanol–water partition coefficient (Wildman–Crippen LogP) is 1.91. The highest BCUT2D eigenvalue weighted by Crippen LogP contribution is 2.14. The Morgan fingerprint density at radius 2 is 2.20 bits per heavy atom. The van der Waals surface area contributed by atoms with Gasteiger partial charge in [0, 0.05) is 6.54 Å². The van der Waals surface area contributed by atoms with Crippen molar-refractivity contribution in [3.8, 4) is 5.75 Å². The Bertz CT molecular complexity index is 408. The fourth-order valence-electron chi connectivity index (χ4n) is 2.57. The molecule has 1 atom stereocenters. The lowest BCUT2D eigenvalue weighted by Gasteiger charge is -2.30. The van der Waals surface area contributed by atoms with Crippen LogP contribution < -0.4 is 10.1 Å². The molecule has 1 aliphatic rings. The highest BCUT2D eigenvalue weighted by Gasteiger charge is 2.18. The molecular formula is C16H24N2O2. The molecule has 1 aromatic carbocycles. The van der Waals surface area contributed by atoms with Crippen LogP contribution in [0.4, 0.5) is 0 Å².